The van der Waals surface area contributed by atoms with Gasteiger partial charge in [0.2, 0.25) is 0 Å². The highest BCUT2D eigenvalue weighted by atomic mass is 35.5. The number of likely N-dealkylation sites (N-methyl/N-ethyl adjacent to an activating group) is 1. The van der Waals surface area contributed by atoms with Crippen molar-refractivity contribution in [3.63, 3.8) is 0 Å². The average molecular weight is 244 g/mol. The summed E-state index contributed by atoms with van der Waals surface area (Å²) in [7, 11) is 3.40. The summed E-state index contributed by atoms with van der Waals surface area (Å²) in [6, 6.07) is 5.02. The predicted octanol–water partition coefficient (Wildman–Crippen LogP) is 2.12. The van der Waals surface area contributed by atoms with E-state index in [1.165, 1.54) is 0 Å². The Bertz CT molecular complexity index is 381. The Hall–Kier alpha value is -1.26. The number of halogens is 1. The maximum atomic E-state index is 11.1. The molecule has 0 aliphatic heterocycles. The number of rotatable bonds is 5. The minimum Gasteiger partial charge on any atom is -0.478 e. The summed E-state index contributed by atoms with van der Waals surface area (Å²) in [6.07, 6.45) is 0. The normalized spacial score (nSPS) is 10.2. The van der Waals surface area contributed by atoms with E-state index in [2.05, 4.69) is 0 Å². The smallest absolute Gasteiger partial charge is 0.339 e. The molecule has 1 rings (SSSR count). The van der Waals surface area contributed by atoms with Crippen LogP contribution in [0.15, 0.2) is 18.2 Å². The summed E-state index contributed by atoms with van der Waals surface area (Å²) >= 11 is 5.86. The topological polar surface area (TPSA) is 49.8 Å². The van der Waals surface area contributed by atoms with Crippen molar-refractivity contribution in [2.75, 3.05) is 32.2 Å². The SMILES string of the molecule is COCCN(C)c1cccc(Cl)c1C(=O)O. The van der Waals surface area contributed by atoms with E-state index in [1.807, 2.05) is 0 Å². The molecule has 0 bridgehead atoms. The van der Waals surface area contributed by atoms with E-state index in [0.29, 0.717) is 18.8 Å². The van der Waals surface area contributed by atoms with Crippen LogP contribution in [0.2, 0.25) is 5.02 Å². The first-order valence-corrected chi connectivity index (χ1v) is 5.17. The first-order chi connectivity index (χ1) is 7.57. The standard InChI is InChI=1S/C11H14ClNO3/c1-13(6-7-16-2)9-5-3-4-8(12)10(9)11(14)15/h3-5H,6-7H2,1-2H3,(H,14,15). The number of anilines is 1. The molecule has 0 atom stereocenters. The first kappa shape index (κ1) is 12.8. The summed E-state index contributed by atoms with van der Waals surface area (Å²) < 4.78 is 4.94. The van der Waals surface area contributed by atoms with Crippen molar-refractivity contribution >= 4 is 23.3 Å². The van der Waals surface area contributed by atoms with Crippen molar-refractivity contribution in [3.05, 3.63) is 28.8 Å². The third kappa shape index (κ3) is 2.87. The quantitative estimate of drug-likeness (QED) is 0.861. The lowest BCUT2D eigenvalue weighted by atomic mass is 10.1. The summed E-state index contributed by atoms with van der Waals surface area (Å²) in [5, 5.41) is 9.32. The zero-order valence-corrected chi connectivity index (χ0v) is 9.99. The van der Waals surface area contributed by atoms with E-state index in [1.54, 1.807) is 37.3 Å². The number of benzene rings is 1. The van der Waals surface area contributed by atoms with Gasteiger partial charge in [-0.1, -0.05) is 17.7 Å². The van der Waals surface area contributed by atoms with Crippen molar-refractivity contribution in [2.45, 2.75) is 0 Å². The Balaban J connectivity index is 3.02. The highest BCUT2D eigenvalue weighted by Gasteiger charge is 2.16. The van der Waals surface area contributed by atoms with E-state index in [-0.39, 0.29) is 10.6 Å². The van der Waals surface area contributed by atoms with Gasteiger partial charge in [0.15, 0.2) is 0 Å². The van der Waals surface area contributed by atoms with E-state index >= 15 is 0 Å². The molecule has 0 saturated carbocycles. The molecule has 1 aromatic carbocycles. The maximum Gasteiger partial charge on any atom is 0.339 e. The van der Waals surface area contributed by atoms with Gasteiger partial charge in [0, 0.05) is 20.7 Å². The van der Waals surface area contributed by atoms with Crippen LogP contribution in [0, 0.1) is 0 Å². The largest absolute Gasteiger partial charge is 0.478 e. The Morgan fingerprint density at radius 1 is 1.56 bits per heavy atom. The van der Waals surface area contributed by atoms with E-state index in [0.717, 1.165) is 0 Å². The van der Waals surface area contributed by atoms with Gasteiger partial charge in [-0.05, 0) is 12.1 Å². The van der Waals surface area contributed by atoms with Gasteiger partial charge in [-0.15, -0.1) is 0 Å². The van der Waals surface area contributed by atoms with E-state index in [9.17, 15) is 4.79 Å². The number of hydrogen-bond donors (Lipinski definition) is 1. The molecule has 0 amide bonds. The average Bonchev–Trinajstić information content (AvgIpc) is 2.24. The van der Waals surface area contributed by atoms with Gasteiger partial charge in [-0.2, -0.15) is 0 Å². The molecular weight excluding hydrogens is 230 g/mol. The molecule has 5 heteroatoms. The molecule has 0 aromatic heterocycles. The summed E-state index contributed by atoms with van der Waals surface area (Å²) in [5.41, 5.74) is 0.722. The van der Waals surface area contributed by atoms with Crippen molar-refractivity contribution in [1.29, 1.82) is 0 Å². The van der Waals surface area contributed by atoms with Crippen LogP contribution in [-0.4, -0.2) is 38.4 Å². The van der Waals surface area contributed by atoms with Crippen LogP contribution < -0.4 is 4.90 Å². The molecule has 4 nitrogen and oxygen atoms in total. The lowest BCUT2D eigenvalue weighted by Crippen LogP contribution is -2.24. The van der Waals surface area contributed by atoms with E-state index in [4.69, 9.17) is 21.4 Å². The summed E-state index contributed by atoms with van der Waals surface area (Å²) in [6.45, 7) is 1.14. The van der Waals surface area contributed by atoms with Crippen LogP contribution >= 0.6 is 11.6 Å². The third-order valence-electron chi connectivity index (χ3n) is 2.25. The van der Waals surface area contributed by atoms with Crippen LogP contribution in [0.5, 0.6) is 0 Å². The van der Waals surface area contributed by atoms with Gasteiger partial charge in [0.05, 0.1) is 17.3 Å². The summed E-state index contributed by atoms with van der Waals surface area (Å²) in [4.78, 5) is 12.9. The number of carbonyl (C=O) groups is 1. The molecule has 0 spiro atoms. The van der Waals surface area contributed by atoms with Crippen LogP contribution in [0.1, 0.15) is 10.4 Å². The number of hydrogen-bond acceptors (Lipinski definition) is 3. The van der Waals surface area contributed by atoms with E-state index < -0.39 is 5.97 Å². The van der Waals surface area contributed by atoms with Crippen molar-refractivity contribution in [3.8, 4) is 0 Å². The Morgan fingerprint density at radius 2 is 2.25 bits per heavy atom. The fourth-order valence-electron chi connectivity index (χ4n) is 1.39. The minimum atomic E-state index is -1.02. The van der Waals surface area contributed by atoms with Crippen LogP contribution in [0.4, 0.5) is 5.69 Å². The number of aromatic carboxylic acids is 1. The molecule has 1 N–H and O–H groups in total. The van der Waals surface area contributed by atoms with Crippen LogP contribution in [-0.2, 0) is 4.74 Å². The fourth-order valence-corrected chi connectivity index (χ4v) is 1.64. The number of methoxy groups -OCH3 is 1. The molecule has 0 aliphatic carbocycles. The zero-order valence-electron chi connectivity index (χ0n) is 9.24. The molecule has 1 aromatic rings. The second-order valence-electron chi connectivity index (χ2n) is 3.35. The number of carboxylic acid groups (broad SMARTS) is 1. The van der Waals surface area contributed by atoms with Gasteiger partial charge in [0.25, 0.3) is 0 Å². The van der Waals surface area contributed by atoms with Gasteiger partial charge in [0.1, 0.15) is 5.56 Å². The lowest BCUT2D eigenvalue weighted by Gasteiger charge is -2.21. The van der Waals surface area contributed by atoms with Crippen LogP contribution in [0.3, 0.4) is 0 Å². The van der Waals surface area contributed by atoms with Gasteiger partial charge >= 0.3 is 5.97 Å². The molecule has 0 aliphatic rings. The molecule has 88 valence electrons. The molecule has 0 fully saturated rings. The Kier molecular flexibility index (Phi) is 4.58. The summed E-state index contributed by atoms with van der Waals surface area (Å²) in [5.74, 6) is -1.02. The second kappa shape index (κ2) is 5.72. The number of nitrogens with zero attached hydrogens (tertiary/aromatic N) is 1. The number of carboxylic acids is 1. The minimum absolute atomic E-state index is 0.128. The van der Waals surface area contributed by atoms with Crippen molar-refractivity contribution < 1.29 is 14.6 Å². The molecule has 0 saturated heterocycles. The molecule has 0 unspecified atom stereocenters. The molecule has 16 heavy (non-hydrogen) atoms. The fraction of sp³-hybridized carbons (Fsp3) is 0.364. The lowest BCUT2D eigenvalue weighted by molar-refractivity contribution is 0.0697. The molecule has 0 heterocycles. The molecular formula is C11H14ClNO3. The Morgan fingerprint density at radius 3 is 2.81 bits per heavy atom. The van der Waals surface area contributed by atoms with Crippen molar-refractivity contribution in [1.82, 2.24) is 0 Å². The first-order valence-electron chi connectivity index (χ1n) is 4.79. The highest BCUT2D eigenvalue weighted by Crippen LogP contribution is 2.26. The third-order valence-corrected chi connectivity index (χ3v) is 2.56. The van der Waals surface area contributed by atoms with Crippen LogP contribution in [0.25, 0.3) is 0 Å². The number of ether oxygens (including phenoxy) is 1. The maximum absolute atomic E-state index is 11.1. The van der Waals surface area contributed by atoms with Crippen molar-refractivity contribution in [2.24, 2.45) is 0 Å². The second-order valence-corrected chi connectivity index (χ2v) is 3.76. The zero-order chi connectivity index (χ0) is 12.1. The highest BCUT2D eigenvalue weighted by molar-refractivity contribution is 6.34. The predicted molar refractivity (Wildman–Crippen MR) is 63.6 cm³/mol. The molecule has 0 radical (unpaired) electrons. The van der Waals surface area contributed by atoms with Gasteiger partial charge in [-0.25, -0.2) is 4.79 Å². The van der Waals surface area contributed by atoms with Gasteiger partial charge in [-0.3, -0.25) is 0 Å². The van der Waals surface area contributed by atoms with Gasteiger partial charge < -0.3 is 14.7 Å². The monoisotopic (exact) mass is 243 g/mol. The Labute approximate surface area is 99.4 Å².